The van der Waals surface area contributed by atoms with Gasteiger partial charge in [-0.05, 0) is 55.8 Å². The van der Waals surface area contributed by atoms with Crippen LogP contribution in [0.3, 0.4) is 0 Å². The van der Waals surface area contributed by atoms with E-state index >= 15 is 0 Å². The minimum Gasteiger partial charge on any atom is -0.353 e. The van der Waals surface area contributed by atoms with E-state index < -0.39 is 0 Å². The summed E-state index contributed by atoms with van der Waals surface area (Å²) in [5, 5.41) is 5.66. The molecular formula is C23H31N3O2. The Labute approximate surface area is 168 Å². The third-order valence-electron chi connectivity index (χ3n) is 5.11. The van der Waals surface area contributed by atoms with Gasteiger partial charge in [-0.25, -0.2) is 0 Å². The lowest BCUT2D eigenvalue weighted by atomic mass is 10.1. The van der Waals surface area contributed by atoms with E-state index in [0.717, 1.165) is 24.2 Å². The van der Waals surface area contributed by atoms with Gasteiger partial charge in [0.1, 0.15) is 0 Å². The van der Waals surface area contributed by atoms with Crippen LogP contribution in [0.25, 0.3) is 0 Å². The molecule has 2 rings (SSSR count). The topological polar surface area (TPSA) is 61.4 Å². The fraction of sp³-hybridized carbons (Fsp3) is 0.391. The summed E-state index contributed by atoms with van der Waals surface area (Å²) in [6.07, 6.45) is 0. The predicted octanol–water partition coefficient (Wildman–Crippen LogP) is 3.23. The molecule has 2 N–H and O–H groups in total. The fourth-order valence-electron chi connectivity index (χ4n) is 3.22. The van der Waals surface area contributed by atoms with Gasteiger partial charge in [-0.15, -0.1) is 0 Å². The lowest BCUT2D eigenvalue weighted by Crippen LogP contribution is -2.42. The molecular weight excluding hydrogens is 350 g/mol. The molecule has 0 heterocycles. The molecule has 0 unspecified atom stereocenters. The quantitative estimate of drug-likeness (QED) is 0.701. The molecule has 0 aromatic heterocycles. The van der Waals surface area contributed by atoms with Crippen molar-refractivity contribution in [3.8, 4) is 0 Å². The van der Waals surface area contributed by atoms with Gasteiger partial charge < -0.3 is 10.6 Å². The number of hydrogen-bond acceptors (Lipinski definition) is 3. The Balaban J connectivity index is 1.91. The van der Waals surface area contributed by atoms with E-state index in [4.69, 9.17) is 0 Å². The number of nitrogens with zero attached hydrogens (tertiary/aromatic N) is 1. The van der Waals surface area contributed by atoms with E-state index in [1.54, 1.807) is 6.07 Å². The summed E-state index contributed by atoms with van der Waals surface area (Å²) in [7, 11) is 0. The Morgan fingerprint density at radius 1 is 0.929 bits per heavy atom. The number of rotatable bonds is 9. The highest BCUT2D eigenvalue weighted by molar-refractivity contribution is 5.96. The molecule has 0 aliphatic carbocycles. The lowest BCUT2D eigenvalue weighted by molar-refractivity contribution is -0.120. The maximum atomic E-state index is 12.3. The summed E-state index contributed by atoms with van der Waals surface area (Å²) in [6.45, 7) is 10.5. The summed E-state index contributed by atoms with van der Waals surface area (Å²) in [5.74, 6) is -0.424. The molecule has 0 aliphatic rings. The standard InChI is InChI=1S/C23H31N3O2/c1-5-26(6-2)21(19-10-8-7-9-11-19)15-24-22(27)16-25-23(28)20-13-12-17(3)18(4)14-20/h7-14,21H,5-6,15-16H2,1-4H3,(H,24,27)(H,25,28)/t21-/m0/s1. The van der Waals surface area contributed by atoms with E-state index in [1.807, 2.05) is 44.2 Å². The number of carbonyl (C=O) groups is 2. The van der Waals surface area contributed by atoms with Gasteiger partial charge in [-0.1, -0.05) is 50.2 Å². The van der Waals surface area contributed by atoms with Gasteiger partial charge in [0.2, 0.25) is 5.91 Å². The van der Waals surface area contributed by atoms with Gasteiger partial charge in [0.15, 0.2) is 0 Å². The Morgan fingerprint density at radius 3 is 2.21 bits per heavy atom. The Morgan fingerprint density at radius 2 is 1.61 bits per heavy atom. The number of aryl methyl sites for hydroxylation is 2. The fourth-order valence-corrected chi connectivity index (χ4v) is 3.22. The average molecular weight is 382 g/mol. The van der Waals surface area contributed by atoms with E-state index in [1.165, 1.54) is 5.56 Å². The van der Waals surface area contributed by atoms with Crippen LogP contribution in [0.2, 0.25) is 0 Å². The highest BCUT2D eigenvalue weighted by Crippen LogP contribution is 2.19. The number of benzene rings is 2. The number of carbonyl (C=O) groups excluding carboxylic acids is 2. The zero-order chi connectivity index (χ0) is 20.5. The van der Waals surface area contributed by atoms with Crippen LogP contribution >= 0.6 is 0 Å². The monoisotopic (exact) mass is 381 g/mol. The minimum atomic E-state index is -0.235. The first kappa shape index (κ1) is 21.6. The van der Waals surface area contributed by atoms with E-state index in [2.05, 4.69) is 41.5 Å². The largest absolute Gasteiger partial charge is 0.353 e. The maximum Gasteiger partial charge on any atom is 0.251 e. The molecule has 5 heteroatoms. The van der Waals surface area contributed by atoms with Crippen molar-refractivity contribution in [3.05, 3.63) is 70.8 Å². The summed E-state index contributed by atoms with van der Waals surface area (Å²) >= 11 is 0. The number of likely N-dealkylation sites (N-methyl/N-ethyl adjacent to an activating group) is 1. The van der Waals surface area contributed by atoms with Crippen molar-refractivity contribution in [1.82, 2.24) is 15.5 Å². The van der Waals surface area contributed by atoms with Crippen LogP contribution in [0.15, 0.2) is 48.5 Å². The SMILES string of the molecule is CCN(CC)[C@@H](CNC(=O)CNC(=O)c1ccc(C)c(C)c1)c1ccccc1. The van der Waals surface area contributed by atoms with Gasteiger partial charge in [-0.2, -0.15) is 0 Å². The first-order valence-corrected chi connectivity index (χ1v) is 9.87. The van der Waals surface area contributed by atoms with Crippen molar-refractivity contribution in [2.45, 2.75) is 33.7 Å². The Bertz CT molecular complexity index is 786. The lowest BCUT2D eigenvalue weighted by Gasteiger charge is -2.30. The maximum absolute atomic E-state index is 12.3. The van der Waals surface area contributed by atoms with Gasteiger partial charge in [0, 0.05) is 12.1 Å². The second-order valence-electron chi connectivity index (χ2n) is 6.93. The van der Waals surface area contributed by atoms with Crippen molar-refractivity contribution in [2.24, 2.45) is 0 Å². The molecule has 2 aromatic rings. The minimum absolute atomic E-state index is 0.0362. The summed E-state index contributed by atoms with van der Waals surface area (Å²) < 4.78 is 0. The van der Waals surface area contributed by atoms with Crippen LogP contribution in [-0.4, -0.2) is 42.9 Å². The van der Waals surface area contributed by atoms with Crippen molar-refractivity contribution in [3.63, 3.8) is 0 Å². The van der Waals surface area contributed by atoms with E-state index in [0.29, 0.717) is 12.1 Å². The summed E-state index contributed by atoms with van der Waals surface area (Å²) in [6, 6.07) is 15.8. The third-order valence-corrected chi connectivity index (χ3v) is 5.11. The van der Waals surface area contributed by atoms with Crippen LogP contribution in [0.1, 0.15) is 46.9 Å². The highest BCUT2D eigenvalue weighted by Gasteiger charge is 2.18. The molecule has 0 saturated heterocycles. The molecule has 5 nitrogen and oxygen atoms in total. The molecule has 0 aliphatic heterocycles. The smallest absolute Gasteiger partial charge is 0.251 e. The van der Waals surface area contributed by atoms with Crippen LogP contribution in [0, 0.1) is 13.8 Å². The van der Waals surface area contributed by atoms with Gasteiger partial charge in [0.05, 0.1) is 12.6 Å². The van der Waals surface area contributed by atoms with E-state index in [-0.39, 0.29) is 24.4 Å². The summed E-state index contributed by atoms with van der Waals surface area (Å²) in [4.78, 5) is 26.9. The molecule has 150 valence electrons. The predicted molar refractivity (Wildman–Crippen MR) is 113 cm³/mol. The van der Waals surface area contributed by atoms with E-state index in [9.17, 15) is 9.59 Å². The third kappa shape index (κ3) is 5.92. The number of nitrogens with one attached hydrogen (secondary N) is 2. The summed E-state index contributed by atoms with van der Waals surface area (Å²) in [5.41, 5.74) is 3.94. The second-order valence-corrected chi connectivity index (χ2v) is 6.93. The van der Waals surface area contributed by atoms with Crippen LogP contribution in [0.5, 0.6) is 0 Å². The number of amides is 2. The first-order valence-electron chi connectivity index (χ1n) is 9.87. The normalized spacial score (nSPS) is 11.9. The molecule has 0 spiro atoms. The van der Waals surface area contributed by atoms with Gasteiger partial charge >= 0.3 is 0 Å². The van der Waals surface area contributed by atoms with Crippen LogP contribution < -0.4 is 10.6 Å². The molecule has 2 aromatic carbocycles. The average Bonchev–Trinajstić information content (AvgIpc) is 2.72. The molecule has 0 fully saturated rings. The van der Waals surface area contributed by atoms with Crippen molar-refractivity contribution < 1.29 is 9.59 Å². The molecule has 0 bridgehead atoms. The Hall–Kier alpha value is -2.66. The van der Waals surface area contributed by atoms with Gasteiger partial charge in [0.25, 0.3) is 5.91 Å². The van der Waals surface area contributed by atoms with Crippen LogP contribution in [0.4, 0.5) is 0 Å². The van der Waals surface area contributed by atoms with Crippen molar-refractivity contribution in [2.75, 3.05) is 26.2 Å². The molecule has 0 saturated carbocycles. The highest BCUT2D eigenvalue weighted by atomic mass is 16.2. The van der Waals surface area contributed by atoms with Crippen molar-refractivity contribution >= 4 is 11.8 Å². The molecule has 2 amide bonds. The zero-order valence-corrected chi connectivity index (χ0v) is 17.3. The zero-order valence-electron chi connectivity index (χ0n) is 17.3. The second kappa shape index (κ2) is 10.6. The Kier molecular flexibility index (Phi) is 8.20. The van der Waals surface area contributed by atoms with Crippen molar-refractivity contribution in [1.29, 1.82) is 0 Å². The van der Waals surface area contributed by atoms with Gasteiger partial charge in [-0.3, -0.25) is 14.5 Å². The molecule has 0 radical (unpaired) electrons. The van der Waals surface area contributed by atoms with Crippen LogP contribution in [-0.2, 0) is 4.79 Å². The first-order chi connectivity index (χ1) is 13.5. The molecule has 28 heavy (non-hydrogen) atoms. The molecule has 1 atom stereocenters. The number of hydrogen-bond donors (Lipinski definition) is 2.